The summed E-state index contributed by atoms with van der Waals surface area (Å²) in [6.45, 7) is 0. The quantitative estimate of drug-likeness (QED) is 0.240. The van der Waals surface area contributed by atoms with Crippen LogP contribution in [-0.2, 0) is 0 Å². The van der Waals surface area contributed by atoms with Crippen LogP contribution < -0.4 is 0 Å². The summed E-state index contributed by atoms with van der Waals surface area (Å²) in [7, 11) is 0. The highest BCUT2D eigenvalue weighted by Crippen LogP contribution is 2.43. The summed E-state index contributed by atoms with van der Waals surface area (Å²) in [6, 6.07) is 41.8. The molecular weight excluding hydrogens is 484 g/mol. The monoisotopic (exact) mass is 504 g/mol. The van der Waals surface area contributed by atoms with Crippen LogP contribution in [0.25, 0.3) is 76.0 Å². The van der Waals surface area contributed by atoms with Crippen molar-refractivity contribution in [1.29, 1.82) is 0 Å². The average molecular weight is 505 g/mol. The van der Waals surface area contributed by atoms with Gasteiger partial charge in [0.15, 0.2) is 5.82 Å². The lowest BCUT2D eigenvalue weighted by Crippen LogP contribution is -1.94. The third kappa shape index (κ3) is 3.28. The SMILES string of the molecule is c1ccc(-c2cc(-c3nc(-c4ccccc4)c4sc5ccccc5c4n3)c3c(c2)oc2ccccc23)cc1. The number of thiophene rings is 1. The van der Waals surface area contributed by atoms with Gasteiger partial charge < -0.3 is 4.42 Å². The second-order valence-corrected chi connectivity index (χ2v) is 10.5. The Morgan fingerprint density at radius 2 is 1.24 bits per heavy atom. The van der Waals surface area contributed by atoms with Gasteiger partial charge in [0.25, 0.3) is 0 Å². The fourth-order valence-electron chi connectivity index (χ4n) is 5.33. The molecule has 0 radical (unpaired) electrons. The molecule has 3 nitrogen and oxygen atoms in total. The summed E-state index contributed by atoms with van der Waals surface area (Å²) >= 11 is 1.75. The van der Waals surface area contributed by atoms with E-state index < -0.39 is 0 Å². The number of rotatable bonds is 3. The van der Waals surface area contributed by atoms with Crippen molar-refractivity contribution in [2.45, 2.75) is 0 Å². The Hall–Kier alpha value is -4.80. The molecule has 38 heavy (non-hydrogen) atoms. The normalized spacial score (nSPS) is 11.7. The van der Waals surface area contributed by atoms with Crippen LogP contribution in [0.4, 0.5) is 0 Å². The molecule has 0 saturated heterocycles. The summed E-state index contributed by atoms with van der Waals surface area (Å²) in [5.41, 5.74) is 7.90. The van der Waals surface area contributed by atoms with E-state index in [-0.39, 0.29) is 0 Å². The first-order valence-corrected chi connectivity index (χ1v) is 13.4. The maximum atomic E-state index is 6.38. The van der Waals surface area contributed by atoms with Gasteiger partial charge in [0.2, 0.25) is 0 Å². The van der Waals surface area contributed by atoms with Crippen molar-refractivity contribution < 1.29 is 4.42 Å². The highest BCUT2D eigenvalue weighted by molar-refractivity contribution is 7.26. The zero-order valence-electron chi connectivity index (χ0n) is 20.3. The maximum Gasteiger partial charge on any atom is 0.161 e. The van der Waals surface area contributed by atoms with Crippen molar-refractivity contribution in [2.75, 3.05) is 0 Å². The van der Waals surface area contributed by atoms with Crippen molar-refractivity contribution in [3.63, 3.8) is 0 Å². The minimum atomic E-state index is 0.703. The van der Waals surface area contributed by atoms with Crippen molar-refractivity contribution in [3.05, 3.63) is 121 Å². The number of aromatic nitrogens is 2. The number of hydrogen-bond acceptors (Lipinski definition) is 4. The largest absolute Gasteiger partial charge is 0.456 e. The van der Waals surface area contributed by atoms with Gasteiger partial charge in [-0.1, -0.05) is 97.1 Å². The Balaban J connectivity index is 1.52. The van der Waals surface area contributed by atoms with Crippen LogP contribution in [0, 0.1) is 0 Å². The first-order valence-electron chi connectivity index (χ1n) is 12.6. The highest BCUT2D eigenvalue weighted by Gasteiger charge is 2.20. The average Bonchev–Trinajstić information content (AvgIpc) is 3.55. The zero-order chi connectivity index (χ0) is 25.1. The minimum absolute atomic E-state index is 0.703. The Labute approximate surface area is 222 Å². The van der Waals surface area contributed by atoms with Crippen molar-refractivity contribution in [3.8, 4) is 33.8 Å². The molecule has 0 saturated carbocycles. The van der Waals surface area contributed by atoms with Crippen LogP contribution in [0.2, 0.25) is 0 Å². The molecule has 0 unspecified atom stereocenters. The molecule has 8 rings (SSSR count). The third-order valence-electron chi connectivity index (χ3n) is 7.09. The number of para-hydroxylation sites is 1. The minimum Gasteiger partial charge on any atom is -0.456 e. The lowest BCUT2D eigenvalue weighted by Gasteiger charge is -2.10. The molecule has 0 aliphatic rings. The molecule has 3 heterocycles. The Morgan fingerprint density at radius 3 is 2.05 bits per heavy atom. The van der Waals surface area contributed by atoms with Crippen LogP contribution >= 0.6 is 11.3 Å². The lowest BCUT2D eigenvalue weighted by molar-refractivity contribution is 0.669. The Bertz CT molecular complexity index is 2130. The van der Waals surface area contributed by atoms with Gasteiger partial charge in [-0.3, -0.25) is 0 Å². The molecule has 0 atom stereocenters. The predicted octanol–water partition coefficient (Wildman–Crippen LogP) is 9.74. The first kappa shape index (κ1) is 21.3. The van der Waals surface area contributed by atoms with Gasteiger partial charge in [0.05, 0.1) is 15.9 Å². The molecule has 0 aliphatic heterocycles. The molecule has 0 fully saturated rings. The number of nitrogens with zero attached hydrogens (tertiary/aromatic N) is 2. The van der Waals surface area contributed by atoms with E-state index >= 15 is 0 Å². The van der Waals surface area contributed by atoms with Gasteiger partial charge in [-0.05, 0) is 35.4 Å². The molecule has 0 aliphatic carbocycles. The van der Waals surface area contributed by atoms with Crippen LogP contribution in [-0.4, -0.2) is 9.97 Å². The Morgan fingerprint density at radius 1 is 0.553 bits per heavy atom. The van der Waals surface area contributed by atoms with E-state index in [1.54, 1.807) is 11.3 Å². The molecule has 0 N–H and O–H groups in total. The van der Waals surface area contributed by atoms with E-state index in [0.717, 1.165) is 65.5 Å². The van der Waals surface area contributed by atoms with E-state index in [2.05, 4.69) is 97.1 Å². The van der Waals surface area contributed by atoms with Gasteiger partial charge in [0, 0.05) is 32.0 Å². The van der Waals surface area contributed by atoms with Crippen LogP contribution in [0.5, 0.6) is 0 Å². The van der Waals surface area contributed by atoms with Gasteiger partial charge in [-0.15, -0.1) is 11.3 Å². The van der Waals surface area contributed by atoms with E-state index in [1.807, 2.05) is 24.3 Å². The highest BCUT2D eigenvalue weighted by atomic mass is 32.1. The summed E-state index contributed by atoms with van der Waals surface area (Å²) in [6.07, 6.45) is 0. The van der Waals surface area contributed by atoms with Crippen molar-refractivity contribution in [2.24, 2.45) is 0 Å². The molecule has 5 aromatic carbocycles. The second kappa shape index (κ2) is 8.37. The van der Waals surface area contributed by atoms with Crippen molar-refractivity contribution in [1.82, 2.24) is 9.97 Å². The summed E-state index contributed by atoms with van der Waals surface area (Å²) < 4.78 is 8.70. The lowest BCUT2D eigenvalue weighted by atomic mass is 9.98. The smallest absolute Gasteiger partial charge is 0.161 e. The molecule has 0 amide bonds. The molecule has 0 bridgehead atoms. The van der Waals surface area contributed by atoms with Gasteiger partial charge >= 0.3 is 0 Å². The number of furan rings is 1. The fourth-order valence-corrected chi connectivity index (χ4v) is 6.48. The van der Waals surface area contributed by atoms with Gasteiger partial charge in [-0.25, -0.2) is 9.97 Å². The molecule has 178 valence electrons. The van der Waals surface area contributed by atoms with Gasteiger partial charge in [-0.2, -0.15) is 0 Å². The number of hydrogen-bond donors (Lipinski definition) is 0. The molecular formula is C34H20N2OS. The topological polar surface area (TPSA) is 38.9 Å². The first-order chi connectivity index (χ1) is 18.8. The number of benzene rings is 5. The standard InChI is InChI=1S/C34H20N2OS/c1-3-11-21(12-4-1)23-19-26(30-24-15-7-9-17-27(24)37-28(30)20-23)34-35-31(22-13-5-2-6-14-22)33-32(36-34)25-16-8-10-18-29(25)38-33/h1-20H. The summed E-state index contributed by atoms with van der Waals surface area (Å²) in [4.78, 5) is 10.5. The van der Waals surface area contributed by atoms with Crippen LogP contribution in [0.1, 0.15) is 0 Å². The van der Waals surface area contributed by atoms with E-state index in [1.165, 1.54) is 4.70 Å². The Kier molecular flexibility index (Phi) is 4.69. The number of fused-ring (bicyclic) bond motifs is 6. The van der Waals surface area contributed by atoms with E-state index in [4.69, 9.17) is 14.4 Å². The zero-order valence-corrected chi connectivity index (χ0v) is 21.1. The third-order valence-corrected chi connectivity index (χ3v) is 8.26. The molecule has 8 aromatic rings. The van der Waals surface area contributed by atoms with Crippen LogP contribution in [0.15, 0.2) is 126 Å². The molecule has 0 spiro atoms. The summed E-state index contributed by atoms with van der Waals surface area (Å²) in [5.74, 6) is 0.703. The van der Waals surface area contributed by atoms with E-state index in [9.17, 15) is 0 Å². The van der Waals surface area contributed by atoms with Crippen molar-refractivity contribution >= 4 is 53.6 Å². The van der Waals surface area contributed by atoms with Crippen LogP contribution in [0.3, 0.4) is 0 Å². The predicted molar refractivity (Wildman–Crippen MR) is 159 cm³/mol. The molecule has 3 aromatic heterocycles. The molecule has 4 heteroatoms. The van der Waals surface area contributed by atoms with E-state index in [0.29, 0.717) is 5.82 Å². The second-order valence-electron chi connectivity index (χ2n) is 9.40. The van der Waals surface area contributed by atoms with Gasteiger partial charge in [0.1, 0.15) is 11.2 Å². The maximum absolute atomic E-state index is 6.38. The summed E-state index contributed by atoms with van der Waals surface area (Å²) in [5, 5.41) is 3.26. The fraction of sp³-hybridized carbons (Fsp3) is 0.